The van der Waals surface area contributed by atoms with E-state index in [0.29, 0.717) is 58.7 Å². The highest BCUT2D eigenvalue weighted by Gasteiger charge is 2.33. The first kappa shape index (κ1) is 20.4. The lowest BCUT2D eigenvalue weighted by Gasteiger charge is -2.33. The molecule has 1 aliphatic carbocycles. The largest absolute Gasteiger partial charge is 0.507 e. The van der Waals surface area contributed by atoms with E-state index in [1.54, 1.807) is 13.0 Å². The van der Waals surface area contributed by atoms with Crippen LogP contribution in [0.3, 0.4) is 0 Å². The van der Waals surface area contributed by atoms with Crippen LogP contribution in [0, 0.1) is 13.8 Å². The summed E-state index contributed by atoms with van der Waals surface area (Å²) in [6, 6.07) is 10.3. The second-order valence-corrected chi connectivity index (χ2v) is 9.25. The number of oxazole rings is 1. The Morgan fingerprint density at radius 1 is 1.06 bits per heavy atom. The Morgan fingerprint density at radius 3 is 2.67 bits per heavy atom. The Hall–Kier alpha value is -3.26. The van der Waals surface area contributed by atoms with Crippen molar-refractivity contribution in [3.63, 3.8) is 0 Å². The van der Waals surface area contributed by atoms with E-state index in [4.69, 9.17) is 14.4 Å². The SMILES string of the molecule is Cc1nc2c(C)c(O)c(-c3ccc4nc(N5CCC(N[C@H]6C[C@@H](F)C6)C5)ccc4n3)cc2o1. The number of anilines is 1. The van der Waals surface area contributed by atoms with Crippen molar-refractivity contribution in [2.75, 3.05) is 18.0 Å². The molecule has 4 aromatic rings. The van der Waals surface area contributed by atoms with Gasteiger partial charge in [-0.2, -0.15) is 0 Å². The minimum Gasteiger partial charge on any atom is -0.507 e. The van der Waals surface area contributed by atoms with Gasteiger partial charge >= 0.3 is 0 Å². The van der Waals surface area contributed by atoms with Crippen molar-refractivity contribution in [1.82, 2.24) is 20.3 Å². The molecule has 0 radical (unpaired) electrons. The van der Waals surface area contributed by atoms with Gasteiger partial charge in [0.05, 0.1) is 16.7 Å². The number of nitrogens with zero attached hydrogens (tertiary/aromatic N) is 4. The predicted molar refractivity (Wildman–Crippen MR) is 125 cm³/mol. The molecular weight excluding hydrogens is 421 g/mol. The number of hydrogen-bond acceptors (Lipinski definition) is 7. The molecule has 1 aliphatic heterocycles. The normalized spacial score (nSPS) is 22.9. The summed E-state index contributed by atoms with van der Waals surface area (Å²) in [5.74, 6) is 1.65. The zero-order valence-electron chi connectivity index (χ0n) is 18.7. The zero-order chi connectivity index (χ0) is 22.7. The van der Waals surface area contributed by atoms with Crippen LogP contribution in [0.5, 0.6) is 5.75 Å². The molecule has 6 rings (SSSR count). The minimum atomic E-state index is -0.632. The van der Waals surface area contributed by atoms with E-state index in [1.165, 1.54) is 0 Å². The van der Waals surface area contributed by atoms with Crippen LogP contribution in [0.4, 0.5) is 10.2 Å². The molecule has 1 saturated heterocycles. The van der Waals surface area contributed by atoms with Gasteiger partial charge in [-0.25, -0.2) is 19.3 Å². The second-order valence-electron chi connectivity index (χ2n) is 9.25. The number of nitrogens with one attached hydrogen (secondary N) is 1. The number of halogens is 1. The fourth-order valence-corrected chi connectivity index (χ4v) is 4.97. The van der Waals surface area contributed by atoms with Crippen LogP contribution in [-0.2, 0) is 0 Å². The maximum Gasteiger partial charge on any atom is 0.192 e. The van der Waals surface area contributed by atoms with Gasteiger partial charge in [0.2, 0.25) is 0 Å². The summed E-state index contributed by atoms with van der Waals surface area (Å²) in [5.41, 5.74) is 4.82. The number of phenolic OH excluding ortho intramolecular Hbond substituents is 1. The molecule has 2 N–H and O–H groups in total. The molecule has 1 unspecified atom stereocenters. The van der Waals surface area contributed by atoms with Gasteiger partial charge in [-0.1, -0.05) is 0 Å². The first-order valence-electron chi connectivity index (χ1n) is 11.5. The molecule has 4 heterocycles. The smallest absolute Gasteiger partial charge is 0.192 e. The summed E-state index contributed by atoms with van der Waals surface area (Å²) < 4.78 is 18.8. The van der Waals surface area contributed by atoms with E-state index in [-0.39, 0.29) is 5.75 Å². The van der Waals surface area contributed by atoms with Gasteiger partial charge in [-0.3, -0.25) is 0 Å². The second kappa shape index (κ2) is 7.66. The third-order valence-corrected chi connectivity index (χ3v) is 6.87. The highest BCUT2D eigenvalue weighted by Crippen LogP contribution is 2.37. The van der Waals surface area contributed by atoms with E-state index in [1.807, 2.05) is 31.2 Å². The fraction of sp³-hybridized carbons (Fsp3) is 0.400. The van der Waals surface area contributed by atoms with Crippen molar-refractivity contribution in [2.45, 2.75) is 51.4 Å². The third kappa shape index (κ3) is 3.58. The lowest BCUT2D eigenvalue weighted by atomic mass is 9.90. The summed E-state index contributed by atoms with van der Waals surface area (Å²) in [6.07, 6.45) is 1.67. The Bertz CT molecular complexity index is 1360. The molecule has 1 atom stereocenters. The molecule has 0 bridgehead atoms. The van der Waals surface area contributed by atoms with Gasteiger partial charge in [-0.05, 0) is 56.5 Å². The summed E-state index contributed by atoms with van der Waals surface area (Å²) in [7, 11) is 0. The van der Waals surface area contributed by atoms with E-state index < -0.39 is 6.17 Å². The Morgan fingerprint density at radius 2 is 1.85 bits per heavy atom. The molecule has 1 aromatic carbocycles. The molecule has 7 nitrogen and oxygen atoms in total. The van der Waals surface area contributed by atoms with Gasteiger partial charge in [-0.15, -0.1) is 0 Å². The van der Waals surface area contributed by atoms with Crippen molar-refractivity contribution in [1.29, 1.82) is 0 Å². The molecule has 33 heavy (non-hydrogen) atoms. The number of aromatic hydroxyl groups is 1. The summed E-state index contributed by atoms with van der Waals surface area (Å²) in [4.78, 5) is 16.2. The molecule has 0 amide bonds. The summed E-state index contributed by atoms with van der Waals surface area (Å²) in [6.45, 7) is 5.43. The van der Waals surface area contributed by atoms with E-state index in [9.17, 15) is 9.50 Å². The molecule has 0 spiro atoms. The molecular formula is C25H26FN5O2. The topological polar surface area (TPSA) is 87.3 Å². The highest BCUT2D eigenvalue weighted by atomic mass is 19.1. The lowest BCUT2D eigenvalue weighted by molar-refractivity contribution is 0.148. The van der Waals surface area contributed by atoms with E-state index in [0.717, 1.165) is 36.4 Å². The maximum absolute atomic E-state index is 13.1. The minimum absolute atomic E-state index is 0.161. The average molecular weight is 448 g/mol. The Labute approximate surface area is 190 Å². The van der Waals surface area contributed by atoms with Crippen LogP contribution in [-0.4, -0.2) is 51.4 Å². The fourth-order valence-electron chi connectivity index (χ4n) is 4.97. The zero-order valence-corrected chi connectivity index (χ0v) is 18.7. The van der Waals surface area contributed by atoms with Crippen LogP contribution < -0.4 is 10.2 Å². The standard InChI is InChI=1S/C25H26FN5O2/c1-13-24-22(33-14(2)27-24)11-18(25(13)32)19-3-4-21-20(29-19)5-6-23(30-21)31-8-7-16(12-31)28-17-9-15(26)10-17/h3-6,11,15-17,28,32H,7-10,12H2,1-2H3/t15-,16?,17+. The number of benzene rings is 1. The van der Waals surface area contributed by atoms with Gasteiger partial charge in [0.25, 0.3) is 0 Å². The first-order chi connectivity index (χ1) is 15.9. The van der Waals surface area contributed by atoms with Crippen LogP contribution >= 0.6 is 0 Å². The molecule has 1 saturated carbocycles. The predicted octanol–water partition coefficient (Wildman–Crippen LogP) is 4.43. The van der Waals surface area contributed by atoms with Gasteiger partial charge < -0.3 is 19.7 Å². The number of hydrogen-bond donors (Lipinski definition) is 2. The first-order valence-corrected chi connectivity index (χ1v) is 11.5. The Kier molecular flexibility index (Phi) is 4.72. The number of phenols is 1. The number of alkyl halides is 1. The third-order valence-electron chi connectivity index (χ3n) is 6.87. The maximum atomic E-state index is 13.1. The van der Waals surface area contributed by atoms with Crippen LogP contribution in [0.1, 0.15) is 30.7 Å². The molecule has 2 fully saturated rings. The van der Waals surface area contributed by atoms with Gasteiger partial charge in [0.15, 0.2) is 11.5 Å². The van der Waals surface area contributed by atoms with Crippen molar-refractivity contribution in [3.8, 4) is 17.0 Å². The van der Waals surface area contributed by atoms with Crippen molar-refractivity contribution >= 4 is 28.0 Å². The lowest BCUT2D eigenvalue weighted by Crippen LogP contribution is -2.48. The molecule has 2 aliphatic rings. The number of pyridine rings is 2. The van der Waals surface area contributed by atoms with E-state index in [2.05, 4.69) is 15.2 Å². The number of rotatable bonds is 4. The van der Waals surface area contributed by atoms with Gasteiger partial charge in [0.1, 0.15) is 23.3 Å². The summed E-state index contributed by atoms with van der Waals surface area (Å²) >= 11 is 0. The number of aryl methyl sites for hydroxylation is 2. The van der Waals surface area contributed by atoms with Crippen LogP contribution in [0.2, 0.25) is 0 Å². The number of aromatic nitrogens is 3. The highest BCUT2D eigenvalue weighted by molar-refractivity contribution is 5.89. The van der Waals surface area contributed by atoms with Crippen molar-refractivity contribution in [3.05, 3.63) is 41.8 Å². The molecule has 8 heteroatoms. The van der Waals surface area contributed by atoms with Crippen molar-refractivity contribution < 1.29 is 13.9 Å². The molecule has 3 aromatic heterocycles. The summed E-state index contributed by atoms with van der Waals surface area (Å²) in [5, 5.41) is 14.3. The average Bonchev–Trinajstić information content (AvgIpc) is 3.41. The quantitative estimate of drug-likeness (QED) is 0.479. The van der Waals surface area contributed by atoms with E-state index >= 15 is 0 Å². The van der Waals surface area contributed by atoms with Gasteiger partial charge in [0, 0.05) is 43.2 Å². The monoisotopic (exact) mass is 447 g/mol. The Balaban J connectivity index is 1.26. The molecule has 170 valence electrons. The number of fused-ring (bicyclic) bond motifs is 2. The van der Waals surface area contributed by atoms with Crippen LogP contribution in [0.15, 0.2) is 34.7 Å². The van der Waals surface area contributed by atoms with Crippen LogP contribution in [0.25, 0.3) is 33.4 Å². The van der Waals surface area contributed by atoms with Crippen molar-refractivity contribution in [2.24, 2.45) is 0 Å².